The molecule has 130 valence electrons. The SMILES string of the molecule is COC(=O)c1ccc(S(=O)(=O)N2CCC(C)(CN)C2)cc1Cl.Cl. The summed E-state index contributed by atoms with van der Waals surface area (Å²) < 4.78 is 31.3. The molecule has 0 saturated carbocycles. The van der Waals surface area contributed by atoms with Crippen LogP contribution in [0.25, 0.3) is 0 Å². The Morgan fingerprint density at radius 2 is 2.13 bits per heavy atom. The third-order valence-corrected chi connectivity index (χ3v) is 6.15. The number of methoxy groups -OCH3 is 1. The summed E-state index contributed by atoms with van der Waals surface area (Å²) in [6, 6.07) is 4.01. The fourth-order valence-corrected chi connectivity index (χ4v) is 4.37. The van der Waals surface area contributed by atoms with Crippen LogP contribution in [0.5, 0.6) is 0 Å². The predicted molar refractivity (Wildman–Crippen MR) is 90.6 cm³/mol. The molecule has 0 aliphatic carbocycles. The monoisotopic (exact) mass is 382 g/mol. The Morgan fingerprint density at radius 1 is 1.48 bits per heavy atom. The quantitative estimate of drug-likeness (QED) is 0.803. The molecular weight excluding hydrogens is 363 g/mol. The van der Waals surface area contributed by atoms with Crippen molar-refractivity contribution < 1.29 is 17.9 Å². The van der Waals surface area contributed by atoms with Crippen molar-refractivity contribution in [1.29, 1.82) is 0 Å². The largest absolute Gasteiger partial charge is 0.465 e. The lowest BCUT2D eigenvalue weighted by molar-refractivity contribution is 0.0601. The number of carbonyl (C=O) groups is 1. The summed E-state index contributed by atoms with van der Waals surface area (Å²) in [7, 11) is -2.41. The van der Waals surface area contributed by atoms with Crippen molar-refractivity contribution in [2.45, 2.75) is 18.2 Å². The van der Waals surface area contributed by atoms with Crippen LogP contribution in [-0.2, 0) is 14.8 Å². The average molecular weight is 383 g/mol. The molecule has 1 heterocycles. The number of hydrogen-bond donors (Lipinski definition) is 1. The van der Waals surface area contributed by atoms with Crippen molar-refractivity contribution in [3.05, 3.63) is 28.8 Å². The molecule has 0 amide bonds. The van der Waals surface area contributed by atoms with Gasteiger partial charge in [-0.05, 0) is 36.6 Å². The molecule has 1 aromatic rings. The van der Waals surface area contributed by atoms with Gasteiger partial charge in [0, 0.05) is 13.1 Å². The summed E-state index contributed by atoms with van der Waals surface area (Å²) in [5, 5.41) is 0.0497. The van der Waals surface area contributed by atoms with E-state index in [2.05, 4.69) is 4.74 Å². The van der Waals surface area contributed by atoms with Gasteiger partial charge in [0.25, 0.3) is 0 Å². The van der Waals surface area contributed by atoms with Gasteiger partial charge < -0.3 is 10.5 Å². The van der Waals surface area contributed by atoms with Crippen molar-refractivity contribution in [3.63, 3.8) is 0 Å². The molecule has 0 spiro atoms. The first-order chi connectivity index (χ1) is 10.2. The zero-order valence-electron chi connectivity index (χ0n) is 12.9. The molecule has 1 aliphatic rings. The van der Waals surface area contributed by atoms with Crippen LogP contribution in [-0.4, -0.2) is 45.4 Å². The van der Waals surface area contributed by atoms with Crippen LogP contribution in [0, 0.1) is 5.41 Å². The molecule has 1 fully saturated rings. The number of sulfonamides is 1. The molecule has 23 heavy (non-hydrogen) atoms. The number of nitrogens with zero attached hydrogens (tertiary/aromatic N) is 1. The first kappa shape index (κ1) is 20.2. The van der Waals surface area contributed by atoms with Crippen LogP contribution in [0.4, 0.5) is 0 Å². The molecule has 1 aliphatic heterocycles. The Kier molecular flexibility index (Phi) is 6.46. The Labute approximate surface area is 147 Å². The fourth-order valence-electron chi connectivity index (χ4n) is 2.43. The third-order valence-electron chi connectivity index (χ3n) is 4.00. The van der Waals surface area contributed by atoms with Gasteiger partial charge >= 0.3 is 5.97 Å². The van der Waals surface area contributed by atoms with E-state index in [-0.39, 0.29) is 33.3 Å². The van der Waals surface area contributed by atoms with E-state index < -0.39 is 16.0 Å². The lowest BCUT2D eigenvalue weighted by atomic mass is 9.90. The normalized spacial score (nSPS) is 21.7. The molecule has 1 atom stereocenters. The number of nitrogens with two attached hydrogens (primary N) is 1. The number of ether oxygens (including phenoxy) is 1. The van der Waals surface area contributed by atoms with Gasteiger partial charge in [-0.1, -0.05) is 18.5 Å². The minimum absolute atomic E-state index is 0. The highest BCUT2D eigenvalue weighted by Gasteiger charge is 2.39. The second-order valence-corrected chi connectivity index (χ2v) is 8.08. The molecule has 2 N–H and O–H groups in total. The van der Waals surface area contributed by atoms with Crippen LogP contribution >= 0.6 is 24.0 Å². The number of esters is 1. The van der Waals surface area contributed by atoms with Gasteiger partial charge in [0.05, 0.1) is 22.6 Å². The summed E-state index contributed by atoms with van der Waals surface area (Å²) in [5.41, 5.74) is 5.64. The van der Waals surface area contributed by atoms with Crippen LogP contribution < -0.4 is 5.73 Å². The molecule has 0 aromatic heterocycles. The standard InChI is InChI=1S/C14H19ClN2O4S.ClH/c1-14(8-16)5-6-17(9-14)22(19,20)10-3-4-11(12(15)7-10)13(18)21-2;/h3-4,7H,5-6,8-9,16H2,1-2H3;1H. The van der Waals surface area contributed by atoms with Gasteiger partial charge in [-0.3, -0.25) is 0 Å². The van der Waals surface area contributed by atoms with Crippen molar-refractivity contribution in [1.82, 2.24) is 4.31 Å². The first-order valence-electron chi connectivity index (χ1n) is 6.81. The molecule has 2 rings (SSSR count). The lowest BCUT2D eigenvalue weighted by Crippen LogP contribution is -2.34. The molecule has 0 bridgehead atoms. The number of rotatable bonds is 4. The summed E-state index contributed by atoms with van der Waals surface area (Å²) in [4.78, 5) is 11.6. The fraction of sp³-hybridized carbons (Fsp3) is 0.500. The summed E-state index contributed by atoms with van der Waals surface area (Å²) in [6.07, 6.45) is 0.719. The molecule has 0 radical (unpaired) electrons. The molecule has 1 saturated heterocycles. The molecule has 6 nitrogen and oxygen atoms in total. The second-order valence-electron chi connectivity index (χ2n) is 5.74. The van der Waals surface area contributed by atoms with Gasteiger partial charge in [0.15, 0.2) is 0 Å². The predicted octanol–water partition coefficient (Wildman–Crippen LogP) is 1.91. The highest BCUT2D eigenvalue weighted by molar-refractivity contribution is 7.89. The number of hydrogen-bond acceptors (Lipinski definition) is 5. The highest BCUT2D eigenvalue weighted by Crippen LogP contribution is 2.33. The molecule has 1 aromatic carbocycles. The van der Waals surface area contributed by atoms with E-state index in [1.165, 1.54) is 29.6 Å². The van der Waals surface area contributed by atoms with Crippen LogP contribution in [0.15, 0.2) is 23.1 Å². The summed E-state index contributed by atoms with van der Waals surface area (Å²) in [6.45, 7) is 3.20. The maximum atomic E-state index is 12.7. The number of carbonyl (C=O) groups excluding carboxylic acids is 1. The minimum Gasteiger partial charge on any atom is -0.465 e. The lowest BCUT2D eigenvalue weighted by Gasteiger charge is -2.22. The van der Waals surface area contributed by atoms with E-state index in [9.17, 15) is 13.2 Å². The van der Waals surface area contributed by atoms with E-state index in [1.54, 1.807) is 0 Å². The molecule has 9 heteroatoms. The van der Waals surface area contributed by atoms with Crippen molar-refractivity contribution in [2.24, 2.45) is 11.1 Å². The zero-order chi connectivity index (χ0) is 16.5. The Hall–Kier alpha value is -0.860. The smallest absolute Gasteiger partial charge is 0.339 e. The topological polar surface area (TPSA) is 89.7 Å². The molecule has 1 unspecified atom stereocenters. The third kappa shape index (κ3) is 3.97. The average Bonchev–Trinajstić information content (AvgIpc) is 2.90. The van der Waals surface area contributed by atoms with Gasteiger partial charge in [-0.15, -0.1) is 12.4 Å². The zero-order valence-corrected chi connectivity index (χ0v) is 15.3. The summed E-state index contributed by atoms with van der Waals surface area (Å²) in [5.74, 6) is -0.606. The minimum atomic E-state index is -3.65. The Morgan fingerprint density at radius 3 is 2.61 bits per heavy atom. The van der Waals surface area contributed by atoms with E-state index >= 15 is 0 Å². The first-order valence-corrected chi connectivity index (χ1v) is 8.63. The van der Waals surface area contributed by atoms with E-state index in [4.69, 9.17) is 17.3 Å². The van der Waals surface area contributed by atoms with Crippen molar-refractivity contribution >= 4 is 40.0 Å². The van der Waals surface area contributed by atoms with Gasteiger partial charge in [0.1, 0.15) is 0 Å². The van der Waals surface area contributed by atoms with Crippen molar-refractivity contribution in [3.8, 4) is 0 Å². The van der Waals surface area contributed by atoms with Crippen LogP contribution in [0.3, 0.4) is 0 Å². The van der Waals surface area contributed by atoms with Crippen molar-refractivity contribution in [2.75, 3.05) is 26.7 Å². The second kappa shape index (κ2) is 7.36. The maximum Gasteiger partial charge on any atom is 0.339 e. The van der Waals surface area contributed by atoms with E-state index in [0.29, 0.717) is 19.6 Å². The van der Waals surface area contributed by atoms with Crippen LogP contribution in [0.1, 0.15) is 23.7 Å². The summed E-state index contributed by atoms with van der Waals surface area (Å²) >= 11 is 6.00. The Bertz CT molecular complexity index is 696. The van der Waals surface area contributed by atoms with Gasteiger partial charge in [0.2, 0.25) is 10.0 Å². The van der Waals surface area contributed by atoms with E-state index in [1.807, 2.05) is 6.92 Å². The molecular formula is C14H20Cl2N2O4S. The van der Waals surface area contributed by atoms with Gasteiger partial charge in [-0.2, -0.15) is 4.31 Å². The Balaban J connectivity index is 0.00000264. The van der Waals surface area contributed by atoms with Gasteiger partial charge in [-0.25, -0.2) is 13.2 Å². The maximum absolute atomic E-state index is 12.7. The highest BCUT2D eigenvalue weighted by atomic mass is 35.5. The van der Waals surface area contributed by atoms with Crippen LogP contribution in [0.2, 0.25) is 5.02 Å². The number of benzene rings is 1. The van der Waals surface area contributed by atoms with E-state index in [0.717, 1.165) is 6.42 Å². The number of halogens is 2.